The van der Waals surface area contributed by atoms with Gasteiger partial charge >= 0.3 is 0 Å². The lowest BCUT2D eigenvalue weighted by Crippen LogP contribution is -2.34. The fourth-order valence-electron chi connectivity index (χ4n) is 3.68. The highest BCUT2D eigenvalue weighted by molar-refractivity contribution is 7.99. The molecule has 1 amide bonds. The van der Waals surface area contributed by atoms with Crippen LogP contribution in [0.1, 0.15) is 36.8 Å². The van der Waals surface area contributed by atoms with E-state index < -0.39 is 0 Å². The van der Waals surface area contributed by atoms with Crippen LogP contribution in [0, 0.1) is 12.8 Å². The average Bonchev–Trinajstić information content (AvgIpc) is 2.58. The van der Waals surface area contributed by atoms with E-state index in [9.17, 15) is 4.79 Å². The number of rotatable bonds is 4. The number of carbonyl (C=O) groups excluding carboxylic acids is 1. The number of aryl methyl sites for hydroxylation is 1. The van der Waals surface area contributed by atoms with Crippen molar-refractivity contribution in [2.75, 3.05) is 29.9 Å². The van der Waals surface area contributed by atoms with Crippen LogP contribution in [0.4, 0.5) is 5.69 Å². The number of nitrogens with one attached hydrogen (secondary N) is 1. The Balaban J connectivity index is 1.58. The molecule has 5 heteroatoms. The minimum atomic E-state index is 0.0682. The second-order valence-electron chi connectivity index (χ2n) is 7.15. The van der Waals surface area contributed by atoms with Crippen molar-refractivity contribution < 1.29 is 4.79 Å². The van der Waals surface area contributed by atoms with Crippen LogP contribution in [0.25, 0.3) is 0 Å². The number of hydrogen-bond donors (Lipinski definition) is 2. The monoisotopic (exact) mass is 347 g/mol. The Hall–Kier alpha value is -1.04. The van der Waals surface area contributed by atoms with Crippen LogP contribution in [-0.2, 0) is 11.3 Å². The molecule has 1 aromatic rings. The predicted molar refractivity (Wildman–Crippen MR) is 102 cm³/mol. The summed E-state index contributed by atoms with van der Waals surface area (Å²) >= 11 is 2.04. The van der Waals surface area contributed by atoms with Crippen LogP contribution in [-0.4, -0.2) is 41.4 Å². The molecule has 0 radical (unpaired) electrons. The quantitative estimate of drug-likeness (QED) is 0.879. The fourth-order valence-corrected chi connectivity index (χ4v) is 4.66. The predicted octanol–water partition coefficient (Wildman–Crippen LogP) is 3.00. The lowest BCUT2D eigenvalue weighted by molar-refractivity contribution is -0.120. The topological polar surface area (TPSA) is 58.4 Å². The minimum absolute atomic E-state index is 0.0682. The summed E-state index contributed by atoms with van der Waals surface area (Å²) in [5, 5.41) is 3.12. The van der Waals surface area contributed by atoms with Gasteiger partial charge in [-0.2, -0.15) is 11.8 Å². The van der Waals surface area contributed by atoms with Gasteiger partial charge in [0.25, 0.3) is 0 Å². The molecule has 2 atom stereocenters. The molecular weight excluding hydrogens is 318 g/mol. The maximum atomic E-state index is 12.5. The number of hydrogen-bond acceptors (Lipinski definition) is 4. The van der Waals surface area contributed by atoms with Gasteiger partial charge in [0.1, 0.15) is 0 Å². The Labute approximate surface area is 149 Å². The molecule has 4 nitrogen and oxygen atoms in total. The molecule has 3 rings (SSSR count). The molecule has 2 unspecified atom stereocenters. The summed E-state index contributed by atoms with van der Waals surface area (Å²) in [4.78, 5) is 15.0. The molecule has 0 bridgehead atoms. The van der Waals surface area contributed by atoms with E-state index in [1.165, 1.54) is 30.2 Å². The fraction of sp³-hybridized carbons (Fsp3) is 0.632. The summed E-state index contributed by atoms with van der Waals surface area (Å²) < 4.78 is 0. The summed E-state index contributed by atoms with van der Waals surface area (Å²) in [6, 6.07) is 6.60. The molecule has 0 spiro atoms. The average molecular weight is 348 g/mol. The maximum Gasteiger partial charge on any atom is 0.227 e. The van der Waals surface area contributed by atoms with E-state index in [0.29, 0.717) is 0 Å². The van der Waals surface area contributed by atoms with Gasteiger partial charge in [-0.05, 0) is 43.4 Å². The SMILES string of the molecule is Cc1cc(CN2CCSCC2)ccc1NC(=O)C1CCCC(N)C1. The van der Waals surface area contributed by atoms with Gasteiger partial charge in [0.2, 0.25) is 5.91 Å². The first-order chi connectivity index (χ1) is 11.6. The highest BCUT2D eigenvalue weighted by atomic mass is 32.2. The van der Waals surface area contributed by atoms with Crippen LogP contribution in [0.15, 0.2) is 18.2 Å². The molecule has 2 aliphatic rings. The van der Waals surface area contributed by atoms with Crippen LogP contribution >= 0.6 is 11.8 Å². The minimum Gasteiger partial charge on any atom is -0.328 e. The first-order valence-electron chi connectivity index (χ1n) is 9.08. The van der Waals surface area contributed by atoms with Gasteiger partial charge in [0.15, 0.2) is 0 Å². The third kappa shape index (κ3) is 4.74. The second-order valence-corrected chi connectivity index (χ2v) is 8.38. The van der Waals surface area contributed by atoms with Crippen LogP contribution in [0.5, 0.6) is 0 Å². The Morgan fingerprint density at radius 3 is 2.83 bits per heavy atom. The number of nitrogens with two attached hydrogens (primary N) is 1. The standard InChI is InChI=1S/C19H29N3OS/c1-14-11-15(13-22-7-9-24-10-8-22)5-6-18(14)21-19(23)16-3-2-4-17(20)12-16/h5-6,11,16-17H,2-4,7-10,12-13,20H2,1H3,(H,21,23). The van der Waals surface area contributed by atoms with E-state index in [4.69, 9.17) is 5.73 Å². The largest absolute Gasteiger partial charge is 0.328 e. The molecule has 132 valence electrons. The molecular formula is C19H29N3OS. The zero-order valence-electron chi connectivity index (χ0n) is 14.6. The zero-order valence-corrected chi connectivity index (χ0v) is 15.4. The molecule has 1 saturated heterocycles. The van der Waals surface area contributed by atoms with E-state index in [1.807, 2.05) is 11.8 Å². The van der Waals surface area contributed by atoms with Crippen molar-refractivity contribution in [1.82, 2.24) is 4.90 Å². The number of anilines is 1. The van der Waals surface area contributed by atoms with E-state index >= 15 is 0 Å². The number of carbonyl (C=O) groups is 1. The summed E-state index contributed by atoms with van der Waals surface area (Å²) in [5.41, 5.74) is 9.43. The first kappa shape index (κ1) is 17.8. The Morgan fingerprint density at radius 2 is 2.12 bits per heavy atom. The van der Waals surface area contributed by atoms with Gasteiger partial charge in [0, 0.05) is 48.8 Å². The molecule has 2 fully saturated rings. The van der Waals surface area contributed by atoms with E-state index in [0.717, 1.165) is 43.5 Å². The molecule has 1 aliphatic carbocycles. The van der Waals surface area contributed by atoms with E-state index in [1.54, 1.807) is 0 Å². The molecule has 0 aromatic heterocycles. The summed E-state index contributed by atoms with van der Waals surface area (Å²) in [6.45, 7) is 5.43. The van der Waals surface area contributed by atoms with Gasteiger partial charge < -0.3 is 11.1 Å². The molecule has 1 saturated carbocycles. The van der Waals surface area contributed by atoms with E-state index in [2.05, 4.69) is 35.3 Å². The summed E-state index contributed by atoms with van der Waals surface area (Å²) in [5.74, 6) is 2.67. The van der Waals surface area contributed by atoms with Crippen molar-refractivity contribution in [3.63, 3.8) is 0 Å². The molecule has 24 heavy (non-hydrogen) atoms. The van der Waals surface area contributed by atoms with Gasteiger partial charge in [-0.15, -0.1) is 0 Å². The maximum absolute atomic E-state index is 12.5. The summed E-state index contributed by atoms with van der Waals surface area (Å²) in [6.07, 6.45) is 3.89. The lowest BCUT2D eigenvalue weighted by Gasteiger charge is -2.27. The Bertz CT molecular complexity index is 572. The second kappa shape index (κ2) is 8.37. The number of benzene rings is 1. The van der Waals surface area contributed by atoms with Gasteiger partial charge in [0.05, 0.1) is 0 Å². The Kier molecular flexibility index (Phi) is 6.19. The number of thioether (sulfide) groups is 1. The van der Waals surface area contributed by atoms with Crippen LogP contribution < -0.4 is 11.1 Å². The molecule has 1 aromatic carbocycles. The van der Waals surface area contributed by atoms with Gasteiger partial charge in [-0.25, -0.2) is 0 Å². The zero-order chi connectivity index (χ0) is 16.9. The normalized spacial score (nSPS) is 25.4. The van der Waals surface area contributed by atoms with Crippen molar-refractivity contribution in [3.8, 4) is 0 Å². The van der Waals surface area contributed by atoms with Crippen molar-refractivity contribution in [3.05, 3.63) is 29.3 Å². The molecule has 1 aliphatic heterocycles. The van der Waals surface area contributed by atoms with Gasteiger partial charge in [-0.3, -0.25) is 9.69 Å². The van der Waals surface area contributed by atoms with Crippen molar-refractivity contribution >= 4 is 23.4 Å². The number of amides is 1. The lowest BCUT2D eigenvalue weighted by atomic mass is 9.85. The highest BCUT2D eigenvalue weighted by Crippen LogP contribution is 2.26. The van der Waals surface area contributed by atoms with Crippen LogP contribution in [0.2, 0.25) is 0 Å². The Morgan fingerprint density at radius 1 is 1.33 bits per heavy atom. The number of nitrogens with zero attached hydrogens (tertiary/aromatic N) is 1. The molecule has 1 heterocycles. The first-order valence-corrected chi connectivity index (χ1v) is 10.2. The van der Waals surface area contributed by atoms with E-state index in [-0.39, 0.29) is 17.9 Å². The van der Waals surface area contributed by atoms with Crippen molar-refractivity contribution in [2.45, 2.75) is 45.2 Å². The third-order valence-corrected chi connectivity index (χ3v) is 6.09. The smallest absolute Gasteiger partial charge is 0.227 e. The third-order valence-electron chi connectivity index (χ3n) is 5.14. The van der Waals surface area contributed by atoms with Crippen molar-refractivity contribution in [1.29, 1.82) is 0 Å². The summed E-state index contributed by atoms with van der Waals surface area (Å²) in [7, 11) is 0. The van der Waals surface area contributed by atoms with Crippen LogP contribution in [0.3, 0.4) is 0 Å². The van der Waals surface area contributed by atoms with Gasteiger partial charge in [-0.1, -0.05) is 18.6 Å². The van der Waals surface area contributed by atoms with Crippen molar-refractivity contribution in [2.24, 2.45) is 11.7 Å². The highest BCUT2D eigenvalue weighted by Gasteiger charge is 2.25. The molecule has 3 N–H and O–H groups in total.